The van der Waals surface area contributed by atoms with Crippen LogP contribution < -0.4 is 5.56 Å². The number of pyridine rings is 2. The van der Waals surface area contributed by atoms with Gasteiger partial charge in [0.25, 0.3) is 5.56 Å². The van der Waals surface area contributed by atoms with E-state index in [9.17, 15) is 4.79 Å². The van der Waals surface area contributed by atoms with E-state index in [1.807, 2.05) is 48.0 Å². The third-order valence-corrected chi connectivity index (χ3v) is 3.24. The summed E-state index contributed by atoms with van der Waals surface area (Å²) < 4.78 is 1.91. The first-order valence-corrected chi connectivity index (χ1v) is 6.33. The molecule has 0 fully saturated rings. The van der Waals surface area contributed by atoms with Gasteiger partial charge < -0.3 is 9.38 Å². The monoisotopic (exact) mass is 264 g/mol. The van der Waals surface area contributed by atoms with Gasteiger partial charge in [0.15, 0.2) is 0 Å². The molecule has 0 bridgehead atoms. The highest BCUT2D eigenvalue weighted by molar-refractivity contribution is 5.66. The number of H-pyrrole nitrogens is 1. The Hall–Kier alpha value is -2.87. The van der Waals surface area contributed by atoms with Crippen molar-refractivity contribution < 1.29 is 0 Å². The summed E-state index contributed by atoms with van der Waals surface area (Å²) >= 11 is 0. The maximum atomic E-state index is 11.7. The van der Waals surface area contributed by atoms with E-state index in [4.69, 9.17) is 5.26 Å². The molecule has 3 rings (SSSR count). The number of aromatic nitrogens is 3. The molecule has 0 saturated heterocycles. The molecule has 0 spiro atoms. The lowest BCUT2D eigenvalue weighted by atomic mass is 10.1. The summed E-state index contributed by atoms with van der Waals surface area (Å²) in [4.78, 5) is 19.0. The molecule has 0 atom stereocenters. The van der Waals surface area contributed by atoms with E-state index < -0.39 is 0 Å². The first-order valence-electron chi connectivity index (χ1n) is 6.33. The number of rotatable bonds is 2. The van der Waals surface area contributed by atoms with Crippen molar-refractivity contribution in [1.29, 1.82) is 5.26 Å². The molecule has 3 aromatic heterocycles. The fourth-order valence-corrected chi connectivity index (χ4v) is 2.22. The standard InChI is InChI=1S/C15H12N4O/c1-2-12-11(7-10(8-16)15(20)18-12)13-9-19-6-4-3-5-14(19)17-13/h3-7,9H,2H2,1H3,(H,18,20). The molecule has 20 heavy (non-hydrogen) atoms. The molecule has 0 saturated carbocycles. The normalized spacial score (nSPS) is 10.6. The third kappa shape index (κ3) is 1.88. The van der Waals surface area contributed by atoms with Gasteiger partial charge in [0.1, 0.15) is 17.3 Å². The molecule has 3 heterocycles. The van der Waals surface area contributed by atoms with Gasteiger partial charge in [-0.1, -0.05) is 13.0 Å². The van der Waals surface area contributed by atoms with Gasteiger partial charge in [0.05, 0.1) is 5.69 Å². The molecule has 0 aliphatic rings. The Morgan fingerprint density at radius 1 is 1.45 bits per heavy atom. The van der Waals surface area contributed by atoms with E-state index >= 15 is 0 Å². The molecular weight excluding hydrogens is 252 g/mol. The zero-order valence-electron chi connectivity index (χ0n) is 10.9. The van der Waals surface area contributed by atoms with E-state index in [2.05, 4.69) is 9.97 Å². The van der Waals surface area contributed by atoms with Crippen molar-refractivity contribution in [2.24, 2.45) is 0 Å². The number of nitrogens with zero attached hydrogens (tertiary/aromatic N) is 3. The average Bonchev–Trinajstić information content (AvgIpc) is 2.90. The first kappa shape index (κ1) is 12.2. The van der Waals surface area contributed by atoms with Gasteiger partial charge >= 0.3 is 0 Å². The number of imidazole rings is 1. The van der Waals surface area contributed by atoms with Gasteiger partial charge in [0, 0.05) is 23.7 Å². The largest absolute Gasteiger partial charge is 0.324 e. The molecule has 3 aromatic rings. The second-order valence-electron chi connectivity index (χ2n) is 4.46. The lowest BCUT2D eigenvalue weighted by molar-refractivity contribution is 1.01. The summed E-state index contributed by atoms with van der Waals surface area (Å²) in [5.74, 6) is 0. The highest BCUT2D eigenvalue weighted by Crippen LogP contribution is 2.22. The van der Waals surface area contributed by atoms with Crippen molar-refractivity contribution in [2.75, 3.05) is 0 Å². The van der Waals surface area contributed by atoms with Crippen molar-refractivity contribution in [2.45, 2.75) is 13.3 Å². The van der Waals surface area contributed by atoms with Crippen LogP contribution in [-0.2, 0) is 6.42 Å². The summed E-state index contributed by atoms with van der Waals surface area (Å²) in [6.07, 6.45) is 4.47. The molecule has 0 aliphatic heterocycles. The quantitative estimate of drug-likeness (QED) is 0.770. The zero-order chi connectivity index (χ0) is 14.1. The van der Waals surface area contributed by atoms with E-state index in [-0.39, 0.29) is 11.1 Å². The maximum absolute atomic E-state index is 11.7. The van der Waals surface area contributed by atoms with Crippen LogP contribution in [0.15, 0.2) is 41.5 Å². The number of aromatic amines is 1. The van der Waals surface area contributed by atoms with Crippen molar-refractivity contribution in [3.63, 3.8) is 0 Å². The highest BCUT2D eigenvalue weighted by Gasteiger charge is 2.12. The Balaban J connectivity index is 2.27. The predicted molar refractivity (Wildman–Crippen MR) is 75.3 cm³/mol. The van der Waals surface area contributed by atoms with Crippen molar-refractivity contribution in [1.82, 2.24) is 14.4 Å². The number of hydrogen-bond acceptors (Lipinski definition) is 3. The molecule has 0 amide bonds. The highest BCUT2D eigenvalue weighted by atomic mass is 16.1. The van der Waals surface area contributed by atoms with Crippen LogP contribution in [0.4, 0.5) is 0 Å². The van der Waals surface area contributed by atoms with Gasteiger partial charge in [-0.05, 0) is 24.6 Å². The van der Waals surface area contributed by atoms with Crippen LogP contribution in [0.25, 0.3) is 16.9 Å². The van der Waals surface area contributed by atoms with Gasteiger partial charge in [-0.2, -0.15) is 5.26 Å². The molecule has 0 radical (unpaired) electrons. The van der Waals surface area contributed by atoms with Crippen LogP contribution in [0.2, 0.25) is 0 Å². The maximum Gasteiger partial charge on any atom is 0.266 e. The van der Waals surface area contributed by atoms with Gasteiger partial charge in [-0.15, -0.1) is 0 Å². The smallest absolute Gasteiger partial charge is 0.266 e. The lowest BCUT2D eigenvalue weighted by Crippen LogP contribution is -2.13. The predicted octanol–water partition coefficient (Wildman–Crippen LogP) is 2.12. The molecular formula is C15H12N4O. The van der Waals surface area contributed by atoms with Crippen LogP contribution in [0.5, 0.6) is 0 Å². The first-order chi connectivity index (χ1) is 9.72. The fourth-order valence-electron chi connectivity index (χ4n) is 2.22. The summed E-state index contributed by atoms with van der Waals surface area (Å²) in [6, 6.07) is 9.27. The Morgan fingerprint density at radius 2 is 2.30 bits per heavy atom. The lowest BCUT2D eigenvalue weighted by Gasteiger charge is -2.04. The van der Waals surface area contributed by atoms with Crippen LogP contribution in [0.3, 0.4) is 0 Å². The zero-order valence-corrected chi connectivity index (χ0v) is 10.9. The summed E-state index contributed by atoms with van der Waals surface area (Å²) in [5.41, 5.74) is 2.92. The number of hydrogen-bond donors (Lipinski definition) is 1. The minimum Gasteiger partial charge on any atom is -0.324 e. The minimum absolute atomic E-state index is 0.106. The van der Waals surface area contributed by atoms with E-state index in [0.717, 1.165) is 22.6 Å². The van der Waals surface area contributed by atoms with Crippen LogP contribution in [0.1, 0.15) is 18.2 Å². The van der Waals surface area contributed by atoms with Gasteiger partial charge in [-0.3, -0.25) is 4.79 Å². The SMILES string of the molecule is CCc1[nH]c(=O)c(C#N)cc1-c1cn2ccccc2n1. The van der Waals surface area contributed by atoms with Crippen molar-refractivity contribution in [3.8, 4) is 17.3 Å². The summed E-state index contributed by atoms with van der Waals surface area (Å²) in [7, 11) is 0. The Bertz CT molecular complexity index is 850. The van der Waals surface area contributed by atoms with E-state index in [1.165, 1.54) is 0 Å². The van der Waals surface area contributed by atoms with Gasteiger partial charge in [-0.25, -0.2) is 4.98 Å². The Kier molecular flexibility index (Phi) is 2.84. The molecule has 0 aliphatic carbocycles. The van der Waals surface area contributed by atoms with E-state index in [0.29, 0.717) is 6.42 Å². The second-order valence-corrected chi connectivity index (χ2v) is 4.46. The second kappa shape index (κ2) is 4.67. The number of fused-ring (bicyclic) bond motifs is 1. The van der Waals surface area contributed by atoms with Crippen LogP contribution in [-0.4, -0.2) is 14.4 Å². The molecule has 5 nitrogen and oxygen atoms in total. The van der Waals surface area contributed by atoms with Crippen molar-refractivity contribution >= 4 is 5.65 Å². The Labute approximate surface area is 115 Å². The average molecular weight is 264 g/mol. The fraction of sp³-hybridized carbons (Fsp3) is 0.133. The van der Waals surface area contributed by atoms with E-state index in [1.54, 1.807) is 6.07 Å². The summed E-state index contributed by atoms with van der Waals surface area (Å²) in [5, 5.41) is 9.00. The summed E-state index contributed by atoms with van der Waals surface area (Å²) in [6.45, 7) is 1.95. The molecule has 0 unspecified atom stereocenters. The topological polar surface area (TPSA) is 74.0 Å². The third-order valence-electron chi connectivity index (χ3n) is 3.24. The van der Waals surface area contributed by atoms with Crippen molar-refractivity contribution in [3.05, 3.63) is 58.3 Å². The number of nitrogens with one attached hydrogen (secondary N) is 1. The molecule has 1 N–H and O–H groups in total. The molecule has 5 heteroatoms. The number of nitriles is 1. The van der Waals surface area contributed by atoms with Crippen LogP contribution >= 0.6 is 0 Å². The number of aryl methyl sites for hydroxylation is 1. The van der Waals surface area contributed by atoms with Crippen LogP contribution in [0, 0.1) is 11.3 Å². The Morgan fingerprint density at radius 3 is 3.00 bits per heavy atom. The molecule has 0 aromatic carbocycles. The minimum atomic E-state index is -0.350. The molecule has 98 valence electrons. The van der Waals surface area contributed by atoms with Gasteiger partial charge in [0.2, 0.25) is 0 Å².